The zero-order valence-corrected chi connectivity index (χ0v) is 18.3. The second kappa shape index (κ2) is 10.9. The van der Waals surface area contributed by atoms with E-state index in [9.17, 15) is 28.1 Å². The van der Waals surface area contributed by atoms with Gasteiger partial charge in [-0.1, -0.05) is 16.8 Å². The van der Waals surface area contributed by atoms with Gasteiger partial charge in [-0.25, -0.2) is 4.79 Å². The number of carbonyl (C=O) groups is 1. The van der Waals surface area contributed by atoms with Gasteiger partial charge in [-0.2, -0.15) is 13.2 Å². The number of rotatable bonds is 9. The van der Waals surface area contributed by atoms with Crippen LogP contribution in [0.5, 0.6) is 17.2 Å². The molecular weight excluding hydrogens is 473 g/mol. The molecule has 2 aromatic rings. The fourth-order valence-electron chi connectivity index (χ4n) is 2.29. The summed E-state index contributed by atoms with van der Waals surface area (Å²) in [5, 5.41) is 14.6. The van der Waals surface area contributed by atoms with Crippen molar-refractivity contribution in [2.75, 3.05) is 6.79 Å². The number of hydrogen-bond acceptors (Lipinski definition) is 8. The molecule has 0 saturated carbocycles. The van der Waals surface area contributed by atoms with Gasteiger partial charge in [0.25, 0.3) is 6.79 Å². The highest BCUT2D eigenvalue weighted by molar-refractivity contribution is 6.32. The van der Waals surface area contributed by atoms with Gasteiger partial charge in [-0.3, -0.25) is 10.1 Å². The Morgan fingerprint density at radius 2 is 1.88 bits per heavy atom. The number of carbonyl (C=O) groups excluding carboxylic acids is 1. The van der Waals surface area contributed by atoms with E-state index in [-0.39, 0.29) is 22.3 Å². The van der Waals surface area contributed by atoms with E-state index >= 15 is 0 Å². The number of hydrogen-bond donors (Lipinski definition) is 0. The molecule has 0 spiro atoms. The van der Waals surface area contributed by atoms with E-state index in [0.717, 1.165) is 24.3 Å². The molecule has 13 heteroatoms. The number of ether oxygens (including phenoxy) is 3. The van der Waals surface area contributed by atoms with Gasteiger partial charge in [0.2, 0.25) is 5.75 Å². The van der Waals surface area contributed by atoms with Crippen LogP contribution >= 0.6 is 11.6 Å². The third kappa shape index (κ3) is 7.52. The van der Waals surface area contributed by atoms with Crippen molar-refractivity contribution in [2.24, 2.45) is 5.16 Å². The van der Waals surface area contributed by atoms with E-state index in [4.69, 9.17) is 30.6 Å². The maximum Gasteiger partial charge on any atom is 0.416 e. The summed E-state index contributed by atoms with van der Waals surface area (Å²) in [5.74, 6) is -1.38. The second-order valence-electron chi connectivity index (χ2n) is 6.64. The minimum Gasteiger partial charge on any atom is -0.472 e. The van der Waals surface area contributed by atoms with Crippen molar-refractivity contribution >= 4 is 29.0 Å². The average Bonchev–Trinajstić information content (AvgIpc) is 2.71. The lowest BCUT2D eigenvalue weighted by atomic mass is 10.2. The van der Waals surface area contributed by atoms with Crippen LogP contribution in [0.15, 0.2) is 41.6 Å². The van der Waals surface area contributed by atoms with Crippen molar-refractivity contribution in [1.29, 1.82) is 0 Å². The summed E-state index contributed by atoms with van der Waals surface area (Å²) < 4.78 is 54.0. The molecule has 2 aromatic carbocycles. The van der Waals surface area contributed by atoms with Crippen LogP contribution in [-0.4, -0.2) is 29.5 Å². The van der Waals surface area contributed by atoms with Crippen LogP contribution in [0.25, 0.3) is 0 Å². The third-order valence-electron chi connectivity index (χ3n) is 3.75. The largest absolute Gasteiger partial charge is 0.472 e. The topological polar surface area (TPSA) is 109 Å². The molecule has 178 valence electrons. The predicted octanol–water partition coefficient (Wildman–Crippen LogP) is 5.74. The van der Waals surface area contributed by atoms with Crippen LogP contribution in [0.1, 0.15) is 26.3 Å². The lowest BCUT2D eigenvalue weighted by Crippen LogP contribution is -2.27. The fourth-order valence-corrected chi connectivity index (χ4v) is 2.50. The zero-order chi connectivity index (χ0) is 24.8. The minimum atomic E-state index is -4.59. The number of nitrogens with zero attached hydrogens (tertiary/aromatic N) is 2. The smallest absolute Gasteiger partial charge is 0.416 e. The van der Waals surface area contributed by atoms with Gasteiger partial charge in [-0.15, -0.1) is 0 Å². The summed E-state index contributed by atoms with van der Waals surface area (Å²) in [6, 6.07) is 5.80. The molecule has 0 aliphatic rings. The number of benzene rings is 2. The van der Waals surface area contributed by atoms with E-state index in [0.29, 0.717) is 11.8 Å². The molecule has 33 heavy (non-hydrogen) atoms. The Labute approximate surface area is 190 Å². The monoisotopic (exact) mass is 490 g/mol. The van der Waals surface area contributed by atoms with E-state index in [1.165, 1.54) is 13.0 Å². The lowest BCUT2D eigenvalue weighted by Gasteiger charge is -2.15. The molecule has 0 aliphatic carbocycles. The summed E-state index contributed by atoms with van der Waals surface area (Å²) in [5.41, 5.74) is -0.859. The quantitative estimate of drug-likeness (QED) is 0.110. The Hall–Kier alpha value is -3.54. The zero-order valence-electron chi connectivity index (χ0n) is 17.5. The Bertz CT molecular complexity index is 1060. The van der Waals surface area contributed by atoms with Crippen molar-refractivity contribution in [3.05, 3.63) is 57.1 Å². The Morgan fingerprint density at radius 3 is 2.45 bits per heavy atom. The van der Waals surface area contributed by atoms with Gasteiger partial charge < -0.3 is 19.0 Å². The number of esters is 1. The summed E-state index contributed by atoms with van der Waals surface area (Å²) in [7, 11) is 0. The highest BCUT2D eigenvalue weighted by Crippen LogP contribution is 2.38. The molecule has 9 nitrogen and oxygen atoms in total. The van der Waals surface area contributed by atoms with Gasteiger partial charge in [0.05, 0.1) is 21.2 Å². The van der Waals surface area contributed by atoms with Crippen LogP contribution < -0.4 is 9.47 Å². The molecule has 0 bridgehead atoms. The minimum absolute atomic E-state index is 0.0334. The molecule has 0 saturated heterocycles. The van der Waals surface area contributed by atoms with Crippen molar-refractivity contribution in [3.63, 3.8) is 0 Å². The number of nitro benzene ring substituents is 1. The number of alkyl halides is 3. The second-order valence-corrected chi connectivity index (χ2v) is 7.05. The van der Waals surface area contributed by atoms with Gasteiger partial charge in [0.15, 0.2) is 6.10 Å². The molecule has 2 rings (SSSR count). The molecule has 0 aliphatic heterocycles. The van der Waals surface area contributed by atoms with Gasteiger partial charge in [0.1, 0.15) is 11.5 Å². The van der Waals surface area contributed by atoms with Crippen molar-refractivity contribution in [2.45, 2.75) is 33.1 Å². The predicted molar refractivity (Wildman–Crippen MR) is 111 cm³/mol. The van der Waals surface area contributed by atoms with E-state index < -0.39 is 41.2 Å². The lowest BCUT2D eigenvalue weighted by molar-refractivity contribution is -0.386. The van der Waals surface area contributed by atoms with Crippen molar-refractivity contribution in [1.82, 2.24) is 0 Å². The first-order chi connectivity index (χ1) is 15.4. The van der Waals surface area contributed by atoms with Crippen LogP contribution in [0.2, 0.25) is 5.02 Å². The number of nitro groups is 1. The highest BCUT2D eigenvalue weighted by atomic mass is 35.5. The molecule has 0 N–H and O–H groups in total. The first kappa shape index (κ1) is 25.7. The summed E-state index contributed by atoms with van der Waals surface area (Å²) in [4.78, 5) is 27.3. The molecule has 0 fully saturated rings. The molecule has 0 radical (unpaired) electrons. The Kier molecular flexibility index (Phi) is 8.46. The first-order valence-corrected chi connectivity index (χ1v) is 9.55. The van der Waals surface area contributed by atoms with Crippen LogP contribution in [0, 0.1) is 10.1 Å². The van der Waals surface area contributed by atoms with Gasteiger partial charge in [0, 0.05) is 12.1 Å². The van der Waals surface area contributed by atoms with E-state index in [1.807, 2.05) is 0 Å². The van der Waals surface area contributed by atoms with Gasteiger partial charge >= 0.3 is 17.8 Å². The first-order valence-electron chi connectivity index (χ1n) is 9.18. The maximum atomic E-state index is 12.8. The third-order valence-corrected chi connectivity index (χ3v) is 4.05. The molecular formula is C20H18ClF3N2O7. The van der Waals surface area contributed by atoms with Crippen LogP contribution in [-0.2, 0) is 20.5 Å². The van der Waals surface area contributed by atoms with Crippen LogP contribution in [0.3, 0.4) is 0 Å². The van der Waals surface area contributed by atoms with Crippen molar-refractivity contribution in [3.8, 4) is 17.2 Å². The SMILES string of the molecule is CC(C)=NOCOC(=O)C(C)Oc1cc(Oc2ccc(C(F)(F)F)cc2Cl)ccc1[N+](=O)[O-]. The summed E-state index contributed by atoms with van der Waals surface area (Å²) in [6.07, 6.45) is -5.86. The normalized spacial score (nSPS) is 11.8. The average molecular weight is 491 g/mol. The van der Waals surface area contributed by atoms with E-state index in [2.05, 4.69) is 5.16 Å². The highest BCUT2D eigenvalue weighted by Gasteiger charge is 2.31. The molecule has 0 aromatic heterocycles. The Morgan fingerprint density at radius 1 is 1.18 bits per heavy atom. The molecule has 0 amide bonds. The fraction of sp³-hybridized carbons (Fsp3) is 0.300. The molecule has 0 heterocycles. The standard InChI is InChI=1S/C20H18ClF3N2O7/c1-11(2)25-31-10-30-19(27)12(3)32-18-9-14(5-6-16(18)26(28)29)33-17-7-4-13(8-15(17)21)20(22,23)24/h4-9,12H,10H2,1-3H3. The van der Waals surface area contributed by atoms with E-state index in [1.54, 1.807) is 13.8 Å². The number of oxime groups is 1. The van der Waals surface area contributed by atoms with Crippen LogP contribution in [0.4, 0.5) is 18.9 Å². The molecule has 1 atom stereocenters. The molecule has 1 unspecified atom stereocenters. The summed E-state index contributed by atoms with van der Waals surface area (Å²) in [6.45, 7) is 4.13. The van der Waals surface area contributed by atoms with Gasteiger partial charge in [-0.05, 0) is 45.0 Å². The Balaban J connectivity index is 2.18. The maximum absolute atomic E-state index is 12.8. The summed E-state index contributed by atoms with van der Waals surface area (Å²) >= 11 is 5.87. The van der Waals surface area contributed by atoms with Crippen molar-refractivity contribution < 1.29 is 41.9 Å². The number of halogens is 4.